The van der Waals surface area contributed by atoms with Crippen molar-refractivity contribution in [2.24, 2.45) is 0 Å². The van der Waals surface area contributed by atoms with E-state index in [0.717, 1.165) is 46.5 Å². The van der Waals surface area contributed by atoms with E-state index in [2.05, 4.69) is 32.4 Å². The number of tetrazole rings is 1. The van der Waals surface area contributed by atoms with Gasteiger partial charge in [-0.1, -0.05) is 36.1 Å². The standard InChI is InChI=1S/C34H26F7N5O2/c35-27-12-15-29(30(36)18-27)32(47,21-46-22-43-44-45-46)34(40,41)31-16-11-25(19-42-31)6-3-24-9-13-28(14-10-24)48-20-26-7-4-23(5-8-26)2-1-17-33(37,38)39/h4-5,7-16,18-19,22,47H,1-2,17,20-21H2. The fourth-order valence-electron chi connectivity index (χ4n) is 4.77. The van der Waals surface area contributed by atoms with Gasteiger partial charge in [-0.3, -0.25) is 4.98 Å². The molecule has 1 N–H and O–H groups in total. The number of aryl methyl sites for hydroxylation is 1. The lowest BCUT2D eigenvalue weighted by atomic mass is 9.84. The molecule has 14 heteroatoms. The Labute approximate surface area is 270 Å². The molecule has 0 aliphatic carbocycles. The first kappa shape index (κ1) is 34.1. The molecule has 0 bridgehead atoms. The van der Waals surface area contributed by atoms with Crippen LogP contribution in [0, 0.1) is 23.5 Å². The normalized spacial score (nSPS) is 13.0. The summed E-state index contributed by atoms with van der Waals surface area (Å²) >= 11 is 0. The van der Waals surface area contributed by atoms with Gasteiger partial charge in [-0.2, -0.15) is 22.0 Å². The molecule has 0 saturated heterocycles. The van der Waals surface area contributed by atoms with E-state index >= 15 is 8.78 Å². The van der Waals surface area contributed by atoms with Crippen molar-refractivity contribution in [2.45, 2.75) is 50.1 Å². The van der Waals surface area contributed by atoms with Crippen LogP contribution in [0.2, 0.25) is 0 Å². The maximum atomic E-state index is 15.9. The summed E-state index contributed by atoms with van der Waals surface area (Å²) in [4.78, 5) is 3.79. The van der Waals surface area contributed by atoms with Crippen molar-refractivity contribution in [3.8, 4) is 17.6 Å². The Balaban J connectivity index is 1.22. The first-order valence-electron chi connectivity index (χ1n) is 14.4. The minimum Gasteiger partial charge on any atom is -0.489 e. The molecule has 0 aliphatic rings. The molecule has 3 aromatic carbocycles. The highest BCUT2D eigenvalue weighted by Gasteiger charge is 2.58. The average Bonchev–Trinajstić information content (AvgIpc) is 3.56. The second kappa shape index (κ2) is 14.2. The van der Waals surface area contributed by atoms with Crippen molar-refractivity contribution in [1.82, 2.24) is 25.2 Å². The zero-order valence-corrected chi connectivity index (χ0v) is 24.9. The van der Waals surface area contributed by atoms with Gasteiger partial charge < -0.3 is 9.84 Å². The lowest BCUT2D eigenvalue weighted by molar-refractivity contribution is -0.207. The highest BCUT2D eigenvalue weighted by molar-refractivity contribution is 5.44. The van der Waals surface area contributed by atoms with E-state index in [1.165, 1.54) is 6.07 Å². The number of nitrogens with zero attached hydrogens (tertiary/aromatic N) is 5. The maximum absolute atomic E-state index is 15.9. The number of hydrogen-bond donors (Lipinski definition) is 1. The molecule has 5 aromatic rings. The summed E-state index contributed by atoms with van der Waals surface area (Å²) in [6, 6.07) is 18.0. The molecule has 248 valence electrons. The monoisotopic (exact) mass is 669 g/mol. The third-order valence-electron chi connectivity index (χ3n) is 7.32. The Morgan fingerprint density at radius 2 is 1.50 bits per heavy atom. The van der Waals surface area contributed by atoms with Crippen LogP contribution < -0.4 is 4.74 Å². The SMILES string of the molecule is OC(Cn1cnnn1)(c1ccc(F)cc1F)C(F)(F)c1ccc(C#Cc2ccc(OCc3ccc(CCCC(F)(F)F)cc3)cc2)cn1. The van der Waals surface area contributed by atoms with Crippen molar-refractivity contribution >= 4 is 0 Å². The number of aliphatic hydroxyl groups is 1. The van der Waals surface area contributed by atoms with Crippen LogP contribution in [0.1, 0.15) is 46.4 Å². The Hall–Kier alpha value is -5.29. The highest BCUT2D eigenvalue weighted by atomic mass is 19.4. The predicted molar refractivity (Wildman–Crippen MR) is 158 cm³/mol. The van der Waals surface area contributed by atoms with Crippen LogP contribution in [-0.2, 0) is 31.1 Å². The van der Waals surface area contributed by atoms with E-state index in [0.29, 0.717) is 23.8 Å². The van der Waals surface area contributed by atoms with Crippen molar-refractivity contribution in [1.29, 1.82) is 0 Å². The van der Waals surface area contributed by atoms with Crippen LogP contribution in [0.5, 0.6) is 5.75 Å². The third kappa shape index (κ3) is 8.34. The minimum absolute atomic E-state index is 0.0295. The third-order valence-corrected chi connectivity index (χ3v) is 7.32. The summed E-state index contributed by atoms with van der Waals surface area (Å²) in [5, 5.41) is 21.5. The van der Waals surface area contributed by atoms with Gasteiger partial charge in [-0.05, 0) is 82.9 Å². The van der Waals surface area contributed by atoms with Gasteiger partial charge in [0.1, 0.15) is 36.0 Å². The van der Waals surface area contributed by atoms with E-state index in [4.69, 9.17) is 4.74 Å². The molecule has 48 heavy (non-hydrogen) atoms. The first-order valence-corrected chi connectivity index (χ1v) is 14.4. The zero-order valence-electron chi connectivity index (χ0n) is 24.9. The van der Waals surface area contributed by atoms with Crippen LogP contribution in [0.3, 0.4) is 0 Å². The van der Waals surface area contributed by atoms with Crippen molar-refractivity contribution < 1.29 is 40.6 Å². The Morgan fingerprint density at radius 1 is 0.812 bits per heavy atom. The molecular formula is C34H26F7N5O2. The summed E-state index contributed by atoms with van der Waals surface area (Å²) in [7, 11) is 0. The summed E-state index contributed by atoms with van der Waals surface area (Å²) < 4.78 is 104. The van der Waals surface area contributed by atoms with Gasteiger partial charge in [0.05, 0.1) is 6.54 Å². The molecule has 0 saturated carbocycles. The number of hydrogen-bond acceptors (Lipinski definition) is 6. The smallest absolute Gasteiger partial charge is 0.389 e. The van der Waals surface area contributed by atoms with Gasteiger partial charge in [-0.15, -0.1) is 5.10 Å². The van der Waals surface area contributed by atoms with Crippen LogP contribution in [0.4, 0.5) is 30.7 Å². The van der Waals surface area contributed by atoms with E-state index in [9.17, 15) is 27.1 Å². The number of pyridine rings is 1. The maximum Gasteiger partial charge on any atom is 0.389 e. The fourth-order valence-corrected chi connectivity index (χ4v) is 4.77. The molecule has 0 radical (unpaired) electrons. The topological polar surface area (TPSA) is 86.0 Å². The van der Waals surface area contributed by atoms with Gasteiger partial charge in [0.2, 0.25) is 0 Å². The lowest BCUT2D eigenvalue weighted by Crippen LogP contribution is -2.48. The summed E-state index contributed by atoms with van der Waals surface area (Å²) in [6.45, 7) is -0.728. The van der Waals surface area contributed by atoms with Gasteiger partial charge in [0.15, 0.2) is 5.60 Å². The largest absolute Gasteiger partial charge is 0.489 e. The molecule has 2 heterocycles. The summed E-state index contributed by atoms with van der Waals surface area (Å²) in [5.74, 6) is -0.351. The summed E-state index contributed by atoms with van der Waals surface area (Å²) in [6.07, 6.45) is -2.58. The van der Waals surface area contributed by atoms with Crippen molar-refractivity contribution in [3.63, 3.8) is 0 Å². The van der Waals surface area contributed by atoms with Crippen LogP contribution in [-0.4, -0.2) is 36.5 Å². The molecule has 0 spiro atoms. The minimum atomic E-state index is -4.20. The first-order chi connectivity index (χ1) is 22.8. The van der Waals surface area contributed by atoms with E-state index in [1.807, 2.05) is 0 Å². The molecule has 0 amide bonds. The number of alkyl halides is 5. The number of aromatic nitrogens is 5. The number of halogens is 7. The molecule has 2 aromatic heterocycles. The fraction of sp³-hybridized carbons (Fsp3) is 0.235. The van der Waals surface area contributed by atoms with Crippen LogP contribution in [0.15, 0.2) is 91.4 Å². The van der Waals surface area contributed by atoms with Crippen molar-refractivity contribution in [3.05, 3.63) is 137 Å². The lowest BCUT2D eigenvalue weighted by Gasteiger charge is -2.35. The second-order valence-corrected chi connectivity index (χ2v) is 10.8. The van der Waals surface area contributed by atoms with E-state index in [-0.39, 0.29) is 18.6 Å². The number of benzene rings is 3. The molecule has 0 aliphatic heterocycles. The summed E-state index contributed by atoms with van der Waals surface area (Å²) in [5.41, 5.74) is -2.52. The Bertz CT molecular complexity index is 1870. The van der Waals surface area contributed by atoms with Gasteiger partial charge in [0, 0.05) is 35.4 Å². The predicted octanol–water partition coefficient (Wildman–Crippen LogP) is 6.89. The molecule has 1 unspecified atom stereocenters. The molecule has 5 rings (SSSR count). The van der Waals surface area contributed by atoms with E-state index < -0.39 is 53.6 Å². The van der Waals surface area contributed by atoms with Gasteiger partial charge in [-0.25, -0.2) is 13.5 Å². The van der Waals surface area contributed by atoms with Crippen molar-refractivity contribution in [2.75, 3.05) is 0 Å². The highest BCUT2D eigenvalue weighted by Crippen LogP contribution is 2.46. The Kier molecular flexibility index (Phi) is 10.1. The Morgan fingerprint density at radius 3 is 2.12 bits per heavy atom. The second-order valence-electron chi connectivity index (χ2n) is 10.8. The van der Waals surface area contributed by atoms with Crippen LogP contribution >= 0.6 is 0 Å². The molecular weight excluding hydrogens is 643 g/mol. The van der Waals surface area contributed by atoms with Gasteiger partial charge >= 0.3 is 12.1 Å². The molecule has 0 fully saturated rings. The number of ether oxygens (including phenoxy) is 1. The van der Waals surface area contributed by atoms with E-state index in [1.54, 1.807) is 48.5 Å². The molecule has 7 nitrogen and oxygen atoms in total. The molecule has 1 atom stereocenters. The quantitative estimate of drug-likeness (QED) is 0.122. The van der Waals surface area contributed by atoms with Gasteiger partial charge in [0.25, 0.3) is 0 Å². The number of rotatable bonds is 11. The van der Waals surface area contributed by atoms with Crippen LogP contribution in [0.25, 0.3) is 0 Å². The average molecular weight is 670 g/mol. The zero-order chi connectivity index (χ0) is 34.4.